The van der Waals surface area contributed by atoms with Crippen LogP contribution in [0.1, 0.15) is 24.2 Å². The maximum Gasteiger partial charge on any atom is 0.341 e. The number of benzene rings is 2. The molecule has 0 spiro atoms. The quantitative estimate of drug-likeness (QED) is 0.473. The monoisotopic (exact) mass is 547 g/mol. The second-order valence-corrected chi connectivity index (χ2v) is 8.71. The van der Waals surface area contributed by atoms with Crippen molar-refractivity contribution in [2.45, 2.75) is 24.8 Å². The Morgan fingerprint density at radius 3 is 2.33 bits per heavy atom. The fourth-order valence-electron chi connectivity index (χ4n) is 3.30. The number of piperazine rings is 1. The summed E-state index contributed by atoms with van der Waals surface area (Å²) in [5.41, 5.74) is 1.15. The van der Waals surface area contributed by atoms with Crippen LogP contribution in [0.4, 0.5) is 5.69 Å². The molecule has 0 saturated carbocycles. The molecule has 1 radical (unpaired) electrons. The summed E-state index contributed by atoms with van der Waals surface area (Å²) in [6, 6.07) is 13.3. The summed E-state index contributed by atoms with van der Waals surface area (Å²) >= 11 is 1.72. The van der Waals surface area contributed by atoms with Crippen LogP contribution in [0.3, 0.4) is 0 Å². The fraction of sp³-hybridized carbons (Fsp3) is 0.391. The molecule has 33 heavy (non-hydrogen) atoms. The number of hydrogen-bond acceptors (Lipinski definition) is 7. The Hall–Kier alpha value is -1.81. The van der Waals surface area contributed by atoms with E-state index in [-0.39, 0.29) is 50.1 Å². The van der Waals surface area contributed by atoms with E-state index in [9.17, 15) is 9.59 Å². The van der Waals surface area contributed by atoms with Crippen molar-refractivity contribution >= 4 is 29.5 Å². The zero-order valence-electron chi connectivity index (χ0n) is 19.1. The van der Waals surface area contributed by atoms with Crippen LogP contribution in [0, 0.1) is 0 Å². The van der Waals surface area contributed by atoms with Gasteiger partial charge in [0.2, 0.25) is 0 Å². The van der Waals surface area contributed by atoms with Crippen LogP contribution >= 0.6 is 11.9 Å². The maximum absolute atomic E-state index is 12.0. The van der Waals surface area contributed by atoms with Gasteiger partial charge in [-0.25, -0.2) is 9.10 Å². The Morgan fingerprint density at radius 1 is 1.09 bits per heavy atom. The van der Waals surface area contributed by atoms with Gasteiger partial charge < -0.3 is 29.6 Å². The predicted octanol–water partition coefficient (Wildman–Crippen LogP) is 3.91. The molecular weight excluding hydrogens is 519 g/mol. The van der Waals surface area contributed by atoms with E-state index >= 15 is 0 Å². The van der Waals surface area contributed by atoms with Crippen LogP contribution in [0.5, 0.6) is 11.5 Å². The average molecular weight is 547 g/mol. The third-order valence-electron chi connectivity index (χ3n) is 4.78. The van der Waals surface area contributed by atoms with Gasteiger partial charge in [0.05, 0.1) is 12.0 Å². The van der Waals surface area contributed by atoms with Crippen LogP contribution in [-0.4, -0.2) is 67.2 Å². The molecule has 3 rings (SSSR count). The number of carboxylic acid groups (broad SMARTS) is 1. The molecular formula is C23H28N3O5SY-. The molecule has 1 aliphatic rings. The third-order valence-corrected chi connectivity index (χ3v) is 5.89. The predicted molar refractivity (Wildman–Crippen MR) is 125 cm³/mol. The van der Waals surface area contributed by atoms with Crippen molar-refractivity contribution in [2.75, 3.05) is 44.7 Å². The number of aliphatic carboxylic acids is 1. The topological polar surface area (TPSA) is 93.4 Å². The number of hydrogen-bond donors (Lipinski definition) is 1. The molecule has 2 aromatic carbocycles. The summed E-state index contributed by atoms with van der Waals surface area (Å²) in [6.07, 6.45) is 0.153. The third kappa shape index (κ3) is 8.17. The minimum atomic E-state index is -1.10. The molecule has 0 aliphatic carbocycles. The number of carbonyl (C=O) groups is 2. The van der Waals surface area contributed by atoms with Crippen LogP contribution in [0.25, 0.3) is 5.32 Å². The van der Waals surface area contributed by atoms with Crippen molar-refractivity contribution in [3.05, 3.63) is 53.3 Å². The zero-order chi connectivity index (χ0) is 23.1. The number of carboxylic acids is 1. The molecule has 0 unspecified atom stereocenters. The van der Waals surface area contributed by atoms with Crippen LogP contribution < -0.4 is 14.4 Å². The molecule has 1 amide bonds. The Bertz CT molecular complexity index is 934. The van der Waals surface area contributed by atoms with Gasteiger partial charge in [0.15, 0.2) is 6.61 Å². The second-order valence-electron chi connectivity index (χ2n) is 7.54. The Labute approximate surface area is 224 Å². The second kappa shape index (κ2) is 13.2. The van der Waals surface area contributed by atoms with Gasteiger partial charge in [-0.15, -0.1) is 7.05 Å². The number of ether oxygens (including phenoxy) is 2. The number of nitrogens with zero attached hydrogens (tertiary/aromatic N) is 3. The van der Waals surface area contributed by atoms with Crippen molar-refractivity contribution in [1.82, 2.24) is 4.31 Å². The zero-order valence-corrected chi connectivity index (χ0v) is 22.7. The molecule has 1 saturated heterocycles. The van der Waals surface area contributed by atoms with Gasteiger partial charge in [0.1, 0.15) is 11.5 Å². The van der Waals surface area contributed by atoms with Crippen LogP contribution in [-0.2, 0) is 37.5 Å². The van der Waals surface area contributed by atoms with Crippen molar-refractivity contribution < 1.29 is 56.9 Å². The first-order valence-electron chi connectivity index (χ1n) is 10.4. The fourth-order valence-corrected chi connectivity index (χ4v) is 4.20. The first kappa shape index (κ1) is 27.4. The summed E-state index contributed by atoms with van der Waals surface area (Å²) in [5.74, 6) is -0.437. The molecule has 8 nitrogen and oxygen atoms in total. The van der Waals surface area contributed by atoms with E-state index in [4.69, 9.17) is 14.6 Å². The average Bonchev–Trinajstić information content (AvgIpc) is 2.78. The van der Waals surface area contributed by atoms with E-state index < -0.39 is 18.5 Å². The molecule has 175 valence electrons. The van der Waals surface area contributed by atoms with Crippen molar-refractivity contribution in [3.63, 3.8) is 0 Å². The Balaban J connectivity index is 0.00000385. The van der Waals surface area contributed by atoms with Gasteiger partial charge in [0, 0.05) is 81.1 Å². The molecule has 0 atom stereocenters. The molecule has 1 heterocycles. The number of rotatable bonds is 9. The van der Waals surface area contributed by atoms with Gasteiger partial charge in [-0.2, -0.15) is 0 Å². The van der Waals surface area contributed by atoms with Crippen molar-refractivity contribution in [2.24, 2.45) is 0 Å². The van der Waals surface area contributed by atoms with Crippen LogP contribution in [0.2, 0.25) is 0 Å². The molecule has 1 aliphatic heterocycles. The Morgan fingerprint density at radius 2 is 1.76 bits per heavy atom. The van der Waals surface area contributed by atoms with E-state index in [1.54, 1.807) is 24.1 Å². The van der Waals surface area contributed by atoms with E-state index in [1.165, 1.54) is 7.05 Å². The largest absolute Gasteiger partial charge is 0.652 e. The molecule has 0 bridgehead atoms. The summed E-state index contributed by atoms with van der Waals surface area (Å²) in [5, 5.41) is 12.6. The van der Waals surface area contributed by atoms with Gasteiger partial charge in [-0.3, -0.25) is 0 Å². The van der Waals surface area contributed by atoms with E-state index in [0.717, 1.165) is 42.5 Å². The van der Waals surface area contributed by atoms with Gasteiger partial charge in [-0.1, -0.05) is 0 Å². The van der Waals surface area contributed by atoms with Crippen molar-refractivity contribution in [3.8, 4) is 11.5 Å². The standard InChI is InChI=1S/C23H29N3O5S.Y/c1-16(2)31-18-5-7-19(8-6-18)32-26-12-10-25(11-13-26)17-4-9-20(23(29)24-3)21(14-17)30-15-22(27)28;/h4-9,14,16H,10-13,15H2,1-3H3,(H2,24,27,28,29);/p-1. The maximum atomic E-state index is 12.0. The minimum absolute atomic E-state index is 0. The smallest absolute Gasteiger partial charge is 0.341 e. The van der Waals surface area contributed by atoms with Gasteiger partial charge in [0.25, 0.3) is 0 Å². The normalized spacial score (nSPS) is 13.9. The number of amides is 1. The summed E-state index contributed by atoms with van der Waals surface area (Å²) in [4.78, 5) is 26.3. The molecule has 1 fully saturated rings. The number of carbonyl (C=O) groups excluding carboxylic acids is 1. The minimum Gasteiger partial charge on any atom is -0.652 e. The van der Waals surface area contributed by atoms with E-state index in [2.05, 4.69) is 26.7 Å². The van der Waals surface area contributed by atoms with E-state index in [1.807, 2.05) is 32.0 Å². The first-order chi connectivity index (χ1) is 15.4. The SMILES string of the molecule is C[N-]C(=O)c1ccc(N2CCN(Sc3ccc(OC(C)C)cc3)CC2)cc1OCC(=O)O.[Y]. The van der Waals surface area contributed by atoms with Crippen molar-refractivity contribution in [1.29, 1.82) is 0 Å². The molecule has 0 aromatic heterocycles. The van der Waals surface area contributed by atoms with Gasteiger partial charge >= 0.3 is 5.97 Å². The summed E-state index contributed by atoms with van der Waals surface area (Å²) in [6.45, 7) is 6.80. The molecule has 1 N–H and O–H groups in total. The first-order valence-corrected chi connectivity index (χ1v) is 11.2. The molecule has 10 heteroatoms. The Kier molecular flexibility index (Phi) is 11.0. The van der Waals surface area contributed by atoms with E-state index in [0.29, 0.717) is 0 Å². The van der Waals surface area contributed by atoms with Crippen LogP contribution in [0.15, 0.2) is 47.4 Å². The molecule has 2 aromatic rings. The summed E-state index contributed by atoms with van der Waals surface area (Å²) in [7, 11) is 1.40. The summed E-state index contributed by atoms with van der Waals surface area (Å²) < 4.78 is 13.4. The number of anilines is 1. The van der Waals surface area contributed by atoms with Gasteiger partial charge in [-0.05, 0) is 62.2 Å².